The van der Waals surface area contributed by atoms with Crippen LogP contribution in [0.5, 0.6) is 0 Å². The lowest BCUT2D eigenvalue weighted by molar-refractivity contribution is 0.596. The summed E-state index contributed by atoms with van der Waals surface area (Å²) in [6, 6.07) is 0. The molecule has 0 saturated heterocycles. The molecule has 0 aromatic carbocycles. The summed E-state index contributed by atoms with van der Waals surface area (Å²) in [5.74, 6) is 2.36. The van der Waals surface area contributed by atoms with Crippen LogP contribution in [0.2, 0.25) is 0 Å². The van der Waals surface area contributed by atoms with Crippen molar-refractivity contribution in [3.05, 3.63) is 55.0 Å². The molecule has 138 valence electrons. The van der Waals surface area contributed by atoms with Gasteiger partial charge in [0, 0.05) is 29.2 Å². The number of thioether (sulfide) groups is 6. The summed E-state index contributed by atoms with van der Waals surface area (Å²) in [7, 11) is 0. The highest BCUT2D eigenvalue weighted by Crippen LogP contribution is 2.64. The van der Waals surface area contributed by atoms with Crippen LogP contribution in [-0.2, 0) is 6.54 Å². The number of aryl methyl sites for hydroxylation is 1. The Morgan fingerprint density at radius 2 is 1.77 bits per heavy atom. The van der Waals surface area contributed by atoms with Crippen LogP contribution in [-0.4, -0.2) is 21.1 Å². The summed E-state index contributed by atoms with van der Waals surface area (Å²) in [5, 5.41) is 2.03. The number of hydrogen-bond donors (Lipinski definition) is 1. The fraction of sp³-hybridized carbons (Fsp3) is 0.375. The zero-order valence-electron chi connectivity index (χ0n) is 13.9. The van der Waals surface area contributed by atoms with Crippen LogP contribution in [0.15, 0.2) is 38.1 Å². The molecule has 3 aliphatic heterocycles. The van der Waals surface area contributed by atoms with Crippen LogP contribution < -0.4 is 11.2 Å². The molecule has 4 heterocycles. The van der Waals surface area contributed by atoms with E-state index in [2.05, 4.69) is 11.9 Å². The molecule has 0 bridgehead atoms. The van der Waals surface area contributed by atoms with Gasteiger partial charge in [-0.25, -0.2) is 4.79 Å². The number of H-pyrrole nitrogens is 1. The molecule has 10 heteroatoms. The fourth-order valence-electron chi connectivity index (χ4n) is 2.44. The van der Waals surface area contributed by atoms with Gasteiger partial charge in [0.05, 0.1) is 22.5 Å². The molecule has 1 aromatic heterocycles. The number of nitrogens with one attached hydrogen (secondary N) is 1. The SMILES string of the molecule is CCCCn1cc(C2=CSC(=C3SC4=C(SCCS4)S3)S2)c(=O)[nH]c1=O. The number of hydrogen-bond acceptors (Lipinski definition) is 8. The van der Waals surface area contributed by atoms with Crippen molar-refractivity contribution in [3.63, 3.8) is 0 Å². The van der Waals surface area contributed by atoms with Gasteiger partial charge in [-0.1, -0.05) is 60.4 Å². The fourth-order valence-corrected chi connectivity index (χ4v) is 11.0. The van der Waals surface area contributed by atoms with E-state index in [1.807, 2.05) is 52.5 Å². The second-order valence-electron chi connectivity index (χ2n) is 5.60. The number of aromatic amines is 1. The van der Waals surface area contributed by atoms with E-state index < -0.39 is 0 Å². The lowest BCUT2D eigenvalue weighted by atomic mass is 10.3. The number of unbranched alkanes of at least 4 members (excludes halogenated alkanes) is 1. The Balaban J connectivity index is 1.55. The van der Waals surface area contributed by atoms with Crippen LogP contribution >= 0.6 is 70.6 Å². The smallest absolute Gasteiger partial charge is 0.300 e. The van der Waals surface area contributed by atoms with Gasteiger partial charge in [-0.2, -0.15) is 0 Å². The highest BCUT2D eigenvalue weighted by atomic mass is 32.3. The summed E-state index contributed by atoms with van der Waals surface area (Å²) in [6.45, 7) is 2.72. The van der Waals surface area contributed by atoms with Gasteiger partial charge in [-0.3, -0.25) is 14.3 Å². The van der Waals surface area contributed by atoms with E-state index in [0.717, 1.165) is 17.7 Å². The Bertz CT molecular complexity index is 923. The van der Waals surface area contributed by atoms with Gasteiger partial charge in [0.2, 0.25) is 0 Å². The minimum atomic E-state index is -0.324. The van der Waals surface area contributed by atoms with E-state index in [9.17, 15) is 9.59 Å². The number of nitrogens with zero attached hydrogens (tertiary/aromatic N) is 1. The molecule has 0 atom stereocenters. The Morgan fingerprint density at radius 3 is 2.46 bits per heavy atom. The molecule has 0 unspecified atom stereocenters. The maximum absolute atomic E-state index is 12.3. The van der Waals surface area contributed by atoms with Gasteiger partial charge in [0.1, 0.15) is 0 Å². The summed E-state index contributed by atoms with van der Waals surface area (Å²) in [5.41, 5.74) is -0.0401. The first-order valence-corrected chi connectivity index (χ1v) is 13.4. The first-order chi connectivity index (χ1) is 12.7. The van der Waals surface area contributed by atoms with E-state index in [1.165, 1.54) is 28.5 Å². The highest BCUT2D eigenvalue weighted by molar-refractivity contribution is 8.43. The topological polar surface area (TPSA) is 54.9 Å². The summed E-state index contributed by atoms with van der Waals surface area (Å²) in [4.78, 5) is 27.7. The van der Waals surface area contributed by atoms with Gasteiger partial charge < -0.3 is 0 Å². The third kappa shape index (κ3) is 4.05. The zero-order valence-corrected chi connectivity index (χ0v) is 18.8. The summed E-state index contributed by atoms with van der Waals surface area (Å²) < 4.78 is 7.01. The molecule has 4 rings (SSSR count). The van der Waals surface area contributed by atoms with Gasteiger partial charge in [0.25, 0.3) is 5.56 Å². The molecule has 3 aliphatic rings. The molecule has 0 radical (unpaired) electrons. The Labute approximate surface area is 176 Å². The molecular weight excluding hydrogens is 445 g/mol. The average Bonchev–Trinajstić information content (AvgIpc) is 3.27. The van der Waals surface area contributed by atoms with Gasteiger partial charge in [-0.05, 0) is 11.8 Å². The molecule has 0 amide bonds. The van der Waals surface area contributed by atoms with Crippen molar-refractivity contribution in [2.24, 2.45) is 0 Å². The van der Waals surface area contributed by atoms with E-state index in [-0.39, 0.29) is 11.2 Å². The predicted octanol–water partition coefficient (Wildman–Crippen LogP) is 5.33. The van der Waals surface area contributed by atoms with Crippen molar-refractivity contribution >= 4 is 75.5 Å². The predicted molar refractivity (Wildman–Crippen MR) is 124 cm³/mol. The van der Waals surface area contributed by atoms with E-state index in [4.69, 9.17) is 0 Å². The summed E-state index contributed by atoms with van der Waals surface area (Å²) >= 11 is 10.9. The van der Waals surface area contributed by atoms with Crippen molar-refractivity contribution in [2.75, 3.05) is 11.5 Å². The standard InChI is InChI=1S/C16H16N2O2S6/c1-2-3-4-18-7-9(11(19)17-16(18)20)10-8-23-14(24-10)15-25-12-13(26-15)22-6-5-21-12/h7-8H,2-6H2,1H3,(H,17,19,20). The number of rotatable bonds is 4. The largest absolute Gasteiger partial charge is 0.328 e. The Hall–Kier alpha value is -0.000000000000000222. The quantitative estimate of drug-likeness (QED) is 0.647. The van der Waals surface area contributed by atoms with Gasteiger partial charge in [0.15, 0.2) is 0 Å². The van der Waals surface area contributed by atoms with Crippen LogP contribution in [0, 0.1) is 0 Å². The number of aromatic nitrogens is 2. The van der Waals surface area contributed by atoms with Crippen LogP contribution in [0.1, 0.15) is 25.3 Å². The molecular formula is C16H16N2O2S6. The molecule has 1 N–H and O–H groups in total. The van der Waals surface area contributed by atoms with Crippen LogP contribution in [0.25, 0.3) is 4.91 Å². The van der Waals surface area contributed by atoms with Gasteiger partial charge >= 0.3 is 5.69 Å². The average molecular weight is 461 g/mol. The Morgan fingerprint density at radius 1 is 1.04 bits per heavy atom. The third-order valence-electron chi connectivity index (χ3n) is 3.76. The van der Waals surface area contributed by atoms with Crippen molar-refractivity contribution in [3.8, 4) is 0 Å². The zero-order chi connectivity index (χ0) is 18.1. The normalized spacial score (nSPS) is 20.0. The molecule has 0 fully saturated rings. The first kappa shape index (κ1) is 19.3. The second kappa shape index (κ2) is 8.57. The highest BCUT2D eigenvalue weighted by Gasteiger charge is 2.30. The van der Waals surface area contributed by atoms with Crippen molar-refractivity contribution < 1.29 is 0 Å². The van der Waals surface area contributed by atoms with Crippen molar-refractivity contribution in [1.82, 2.24) is 9.55 Å². The van der Waals surface area contributed by atoms with E-state index in [1.54, 1.807) is 34.3 Å². The molecule has 1 aromatic rings. The maximum Gasteiger partial charge on any atom is 0.328 e. The minimum Gasteiger partial charge on any atom is -0.300 e. The second-order valence-corrected chi connectivity index (χ2v) is 12.8. The van der Waals surface area contributed by atoms with Crippen LogP contribution in [0.4, 0.5) is 0 Å². The van der Waals surface area contributed by atoms with Gasteiger partial charge in [-0.15, -0.1) is 23.5 Å². The van der Waals surface area contributed by atoms with Crippen molar-refractivity contribution in [2.45, 2.75) is 26.3 Å². The monoisotopic (exact) mass is 460 g/mol. The third-order valence-corrected chi connectivity index (χ3v) is 12.5. The molecule has 4 nitrogen and oxygen atoms in total. The van der Waals surface area contributed by atoms with E-state index in [0.29, 0.717) is 12.1 Å². The molecule has 0 saturated carbocycles. The lowest BCUT2D eigenvalue weighted by Crippen LogP contribution is -2.31. The minimum absolute atomic E-state index is 0.302. The summed E-state index contributed by atoms with van der Waals surface area (Å²) in [6.07, 6.45) is 3.64. The van der Waals surface area contributed by atoms with Crippen LogP contribution in [0.3, 0.4) is 0 Å². The molecule has 26 heavy (non-hydrogen) atoms. The van der Waals surface area contributed by atoms with Crippen molar-refractivity contribution in [1.29, 1.82) is 0 Å². The lowest BCUT2D eigenvalue weighted by Gasteiger charge is -2.08. The molecule has 0 aliphatic carbocycles. The molecule has 0 spiro atoms. The first-order valence-electron chi connectivity index (χ1n) is 8.14. The maximum atomic E-state index is 12.3. The van der Waals surface area contributed by atoms with E-state index >= 15 is 0 Å². The Kier molecular flexibility index (Phi) is 6.37.